The fourth-order valence-corrected chi connectivity index (χ4v) is 5.21. The van der Waals surface area contributed by atoms with Gasteiger partial charge in [-0.3, -0.25) is 14.5 Å². The van der Waals surface area contributed by atoms with Gasteiger partial charge in [0.15, 0.2) is 0 Å². The first kappa shape index (κ1) is 24.1. The highest BCUT2D eigenvalue weighted by atomic mass is 35.5. The maximum absolute atomic E-state index is 13.3. The topological polar surface area (TPSA) is 79.9 Å². The summed E-state index contributed by atoms with van der Waals surface area (Å²) in [6.07, 6.45) is 1.86. The van der Waals surface area contributed by atoms with Crippen molar-refractivity contribution < 1.29 is 19.1 Å². The lowest BCUT2D eigenvalue weighted by Gasteiger charge is -2.46. The second kappa shape index (κ2) is 9.68. The molecule has 3 atom stereocenters. The molecule has 2 aromatic carbocycles. The van der Waals surface area contributed by atoms with Crippen LogP contribution >= 0.6 is 11.6 Å². The molecule has 2 amide bonds. The average Bonchev–Trinajstić information content (AvgIpc) is 2.79. The lowest BCUT2D eigenvalue weighted by molar-refractivity contribution is -0.138. The number of rotatable bonds is 5. The minimum Gasteiger partial charge on any atom is -0.496 e. The van der Waals surface area contributed by atoms with Crippen LogP contribution in [0.3, 0.4) is 0 Å². The molecule has 0 radical (unpaired) electrons. The molecule has 2 heterocycles. The number of nitrogens with one attached hydrogen (secondary N) is 2. The minimum absolute atomic E-state index is 0.00937. The number of carbonyl (C=O) groups excluding carboxylic acids is 2. The van der Waals surface area contributed by atoms with Gasteiger partial charge in [0, 0.05) is 12.6 Å². The average molecular weight is 484 g/mol. The van der Waals surface area contributed by atoms with E-state index in [9.17, 15) is 9.59 Å². The third kappa shape index (κ3) is 4.63. The van der Waals surface area contributed by atoms with Gasteiger partial charge < -0.3 is 20.1 Å². The number of para-hydroxylation sites is 1. The molecule has 2 N–H and O–H groups in total. The van der Waals surface area contributed by atoms with Crippen LogP contribution < -0.4 is 15.4 Å². The molecule has 2 aliphatic rings. The fraction of sp³-hybridized carbons (Fsp3) is 0.385. The zero-order valence-electron chi connectivity index (χ0n) is 19.7. The van der Waals surface area contributed by atoms with Crippen LogP contribution in [-0.2, 0) is 15.1 Å². The van der Waals surface area contributed by atoms with E-state index in [1.807, 2.05) is 26.0 Å². The molecule has 180 valence electrons. The van der Waals surface area contributed by atoms with Gasteiger partial charge in [0.1, 0.15) is 11.6 Å². The normalized spacial score (nSPS) is 25.0. The van der Waals surface area contributed by atoms with E-state index in [0.717, 1.165) is 12.8 Å². The number of benzene rings is 2. The van der Waals surface area contributed by atoms with Crippen molar-refractivity contribution in [3.63, 3.8) is 0 Å². The molecule has 0 aromatic heterocycles. The van der Waals surface area contributed by atoms with Crippen LogP contribution in [0.2, 0.25) is 5.02 Å². The molecule has 2 fully saturated rings. The van der Waals surface area contributed by atoms with E-state index < -0.39 is 5.54 Å². The Bertz CT molecular complexity index is 1100. The summed E-state index contributed by atoms with van der Waals surface area (Å²) in [5.74, 6) is 0.679. The number of anilines is 1. The van der Waals surface area contributed by atoms with Gasteiger partial charge >= 0.3 is 0 Å². The third-order valence-corrected chi connectivity index (χ3v) is 6.91. The zero-order valence-corrected chi connectivity index (χ0v) is 20.4. The van der Waals surface area contributed by atoms with Crippen molar-refractivity contribution in [2.45, 2.75) is 50.8 Å². The number of halogens is 1. The molecular formula is C26H30ClN3O4. The molecule has 2 aliphatic heterocycles. The number of ether oxygens (including phenoxy) is 2. The van der Waals surface area contributed by atoms with Gasteiger partial charge in [0.25, 0.3) is 5.91 Å². The van der Waals surface area contributed by atoms with Crippen molar-refractivity contribution in [2.75, 3.05) is 19.0 Å². The number of amides is 2. The Hall–Kier alpha value is -3.03. The SMILES string of the molecule is C=C1N[C@](C)(c2cccc(NC(=O)c3ccccc3OC)c2Cl)CC(=O)N1[C@@H]1CCO[C@H](C)C1. The number of hydrogen-bond donors (Lipinski definition) is 2. The molecule has 34 heavy (non-hydrogen) atoms. The van der Waals surface area contributed by atoms with Gasteiger partial charge in [-0.1, -0.05) is 42.4 Å². The van der Waals surface area contributed by atoms with Crippen molar-refractivity contribution in [1.29, 1.82) is 0 Å². The molecule has 7 nitrogen and oxygen atoms in total. The van der Waals surface area contributed by atoms with Gasteiger partial charge in [0.2, 0.25) is 5.91 Å². The predicted molar refractivity (Wildman–Crippen MR) is 132 cm³/mol. The molecule has 2 aromatic rings. The van der Waals surface area contributed by atoms with Crippen molar-refractivity contribution in [2.24, 2.45) is 0 Å². The van der Waals surface area contributed by atoms with Crippen LogP contribution in [0.15, 0.2) is 54.9 Å². The molecule has 0 bridgehead atoms. The first-order valence-electron chi connectivity index (χ1n) is 11.4. The summed E-state index contributed by atoms with van der Waals surface area (Å²) in [6, 6.07) is 12.4. The van der Waals surface area contributed by atoms with E-state index in [2.05, 4.69) is 17.2 Å². The van der Waals surface area contributed by atoms with Crippen molar-refractivity contribution >= 4 is 29.1 Å². The first-order chi connectivity index (χ1) is 16.2. The van der Waals surface area contributed by atoms with Crippen LogP contribution in [0, 0.1) is 0 Å². The van der Waals surface area contributed by atoms with Crippen LogP contribution in [0.25, 0.3) is 0 Å². The fourth-order valence-electron chi connectivity index (χ4n) is 4.83. The summed E-state index contributed by atoms with van der Waals surface area (Å²) in [7, 11) is 1.52. The molecule has 0 aliphatic carbocycles. The Labute approximate surface area is 205 Å². The standard InChI is InChI=1S/C26H30ClN3O4/c1-16-14-18(12-13-34-16)30-17(2)29-26(3,15-23(30)31)20-9-7-10-21(24(20)27)28-25(32)19-8-5-6-11-22(19)33-4/h5-11,16,18,29H,2,12-15H2,1,3-4H3,(H,28,32)/t16-,18-,26+/m1/s1. The molecule has 4 rings (SSSR count). The van der Waals surface area contributed by atoms with Gasteiger partial charge in [-0.25, -0.2) is 0 Å². The lowest BCUT2D eigenvalue weighted by atomic mass is 9.85. The van der Waals surface area contributed by atoms with E-state index in [1.165, 1.54) is 7.11 Å². The summed E-state index contributed by atoms with van der Waals surface area (Å²) in [5.41, 5.74) is 0.792. The quantitative estimate of drug-likeness (QED) is 0.645. The van der Waals surface area contributed by atoms with E-state index in [0.29, 0.717) is 40.0 Å². The summed E-state index contributed by atoms with van der Waals surface area (Å²) in [5, 5.41) is 6.67. The smallest absolute Gasteiger partial charge is 0.259 e. The van der Waals surface area contributed by atoms with Crippen LogP contribution in [-0.4, -0.2) is 42.6 Å². The van der Waals surface area contributed by atoms with E-state index in [1.54, 1.807) is 35.2 Å². The second-order valence-electron chi connectivity index (χ2n) is 9.03. The second-order valence-corrected chi connectivity index (χ2v) is 9.40. The predicted octanol–water partition coefficient (Wildman–Crippen LogP) is 4.68. The number of carbonyl (C=O) groups is 2. The van der Waals surface area contributed by atoms with Crippen molar-refractivity contribution in [3.8, 4) is 5.75 Å². The van der Waals surface area contributed by atoms with Crippen molar-refractivity contribution in [1.82, 2.24) is 10.2 Å². The maximum atomic E-state index is 13.3. The molecule has 0 saturated carbocycles. The van der Waals surface area contributed by atoms with Gasteiger partial charge in [-0.05, 0) is 50.5 Å². The summed E-state index contributed by atoms with van der Waals surface area (Å²) >= 11 is 6.78. The Morgan fingerprint density at radius 1 is 1.29 bits per heavy atom. The Balaban J connectivity index is 1.57. The van der Waals surface area contributed by atoms with E-state index in [-0.39, 0.29) is 30.4 Å². The number of methoxy groups -OCH3 is 1. The molecule has 0 spiro atoms. The Morgan fingerprint density at radius 2 is 2.06 bits per heavy atom. The number of hydrogen-bond acceptors (Lipinski definition) is 5. The summed E-state index contributed by atoms with van der Waals surface area (Å²) < 4.78 is 10.9. The Morgan fingerprint density at radius 3 is 2.76 bits per heavy atom. The van der Waals surface area contributed by atoms with Gasteiger partial charge in [0.05, 0.1) is 41.4 Å². The largest absolute Gasteiger partial charge is 0.496 e. The highest BCUT2D eigenvalue weighted by molar-refractivity contribution is 6.35. The first-order valence-corrected chi connectivity index (χ1v) is 11.8. The third-order valence-electron chi connectivity index (χ3n) is 6.50. The molecule has 8 heteroatoms. The molecular weight excluding hydrogens is 454 g/mol. The van der Waals surface area contributed by atoms with Crippen molar-refractivity contribution in [3.05, 3.63) is 71.0 Å². The molecule has 2 saturated heterocycles. The van der Waals surface area contributed by atoms with Crippen LogP contribution in [0.4, 0.5) is 5.69 Å². The van der Waals surface area contributed by atoms with Gasteiger partial charge in [-0.15, -0.1) is 0 Å². The summed E-state index contributed by atoms with van der Waals surface area (Å²) in [6.45, 7) is 8.72. The highest BCUT2D eigenvalue weighted by Gasteiger charge is 2.42. The van der Waals surface area contributed by atoms with E-state index in [4.69, 9.17) is 21.1 Å². The number of nitrogens with zero attached hydrogens (tertiary/aromatic N) is 1. The molecule has 0 unspecified atom stereocenters. The summed E-state index contributed by atoms with van der Waals surface area (Å²) in [4.78, 5) is 28.0. The maximum Gasteiger partial charge on any atom is 0.259 e. The lowest BCUT2D eigenvalue weighted by Crippen LogP contribution is -2.57. The highest BCUT2D eigenvalue weighted by Crippen LogP contribution is 2.40. The zero-order chi connectivity index (χ0) is 24.5. The monoisotopic (exact) mass is 483 g/mol. The van der Waals surface area contributed by atoms with Crippen LogP contribution in [0.1, 0.15) is 49.0 Å². The van der Waals surface area contributed by atoms with Crippen LogP contribution in [0.5, 0.6) is 5.75 Å². The minimum atomic E-state index is -0.774. The Kier molecular flexibility index (Phi) is 6.86. The van der Waals surface area contributed by atoms with Gasteiger partial charge in [-0.2, -0.15) is 0 Å². The van der Waals surface area contributed by atoms with E-state index >= 15 is 0 Å².